The van der Waals surface area contributed by atoms with Gasteiger partial charge in [0.2, 0.25) is 2.72 Å². The first kappa shape index (κ1) is 21.5. The molecule has 6 nitrogen and oxygen atoms in total. The molecule has 0 fully saturated rings. The third-order valence-electron chi connectivity index (χ3n) is 0.680. The van der Waals surface area contributed by atoms with Crippen LogP contribution in [0, 0.1) is 0 Å². The fraction of sp³-hybridized carbons (Fsp3) is 1.00. The summed E-state index contributed by atoms with van der Waals surface area (Å²) in [5.41, 5.74) is 0. The van der Waals surface area contributed by atoms with Gasteiger partial charge in [0.05, 0.1) is 0 Å². The minimum atomic E-state index is -5.23. The number of halogens is 2. The SMILES string of the molecule is O=P([O-])(O)C(Br)(Br)P(=O)([O-])O.[Na+].[Na+]. The van der Waals surface area contributed by atoms with Gasteiger partial charge in [0.1, 0.15) is 0 Å². The molecule has 0 spiro atoms. The van der Waals surface area contributed by atoms with Crippen LogP contribution in [0.25, 0.3) is 0 Å². The van der Waals surface area contributed by atoms with Crippen LogP contribution < -0.4 is 68.9 Å². The Bertz CT molecular complexity index is 219. The summed E-state index contributed by atoms with van der Waals surface area (Å²) in [6.07, 6.45) is 0. The molecule has 0 saturated carbocycles. The molecular formula is CH2Br2Na2O6P2. The molecule has 0 aromatic carbocycles. The first-order valence-corrected chi connectivity index (χ1v) is 6.70. The maximum atomic E-state index is 10.3. The van der Waals surface area contributed by atoms with E-state index in [-0.39, 0.29) is 59.1 Å². The first-order chi connectivity index (χ1) is 4.50. The van der Waals surface area contributed by atoms with Crippen molar-refractivity contribution in [1.82, 2.24) is 0 Å². The van der Waals surface area contributed by atoms with Crippen molar-refractivity contribution in [3.05, 3.63) is 0 Å². The third kappa shape index (κ3) is 5.94. The van der Waals surface area contributed by atoms with Crippen molar-refractivity contribution in [3.63, 3.8) is 0 Å². The molecule has 12 heteroatoms. The molecule has 0 radical (unpaired) electrons. The zero-order valence-corrected chi connectivity index (χ0v) is 15.6. The minimum absolute atomic E-state index is 0. The van der Waals surface area contributed by atoms with Crippen molar-refractivity contribution in [1.29, 1.82) is 0 Å². The Kier molecular flexibility index (Phi) is 11.4. The first-order valence-electron chi connectivity index (χ1n) is 1.96. The van der Waals surface area contributed by atoms with Gasteiger partial charge in [-0.3, -0.25) is 0 Å². The summed E-state index contributed by atoms with van der Waals surface area (Å²) >= 11 is 4.18. The summed E-state index contributed by atoms with van der Waals surface area (Å²) in [4.78, 5) is 37.0. The molecule has 0 aromatic rings. The number of alkyl halides is 2. The van der Waals surface area contributed by atoms with Gasteiger partial charge in [-0.15, -0.1) is 0 Å². The van der Waals surface area contributed by atoms with Crippen molar-refractivity contribution in [2.75, 3.05) is 0 Å². The number of hydrogen-bond acceptors (Lipinski definition) is 4. The van der Waals surface area contributed by atoms with E-state index in [4.69, 9.17) is 9.79 Å². The van der Waals surface area contributed by atoms with E-state index in [0.29, 0.717) is 0 Å². The van der Waals surface area contributed by atoms with Crippen molar-refractivity contribution in [3.8, 4) is 0 Å². The van der Waals surface area contributed by atoms with Crippen LogP contribution in [0.15, 0.2) is 0 Å². The number of hydrogen-bond donors (Lipinski definition) is 2. The second-order valence-corrected chi connectivity index (χ2v) is 11.2. The van der Waals surface area contributed by atoms with Crippen LogP contribution in [0.3, 0.4) is 0 Å². The predicted molar refractivity (Wildman–Crippen MR) is 40.2 cm³/mol. The molecule has 0 saturated heterocycles. The Hall–Kier alpha value is 3.26. The van der Waals surface area contributed by atoms with E-state index in [1.54, 1.807) is 0 Å². The van der Waals surface area contributed by atoms with E-state index in [0.717, 1.165) is 0 Å². The van der Waals surface area contributed by atoms with Gasteiger partial charge in [0.15, 0.2) is 15.2 Å². The molecule has 2 atom stereocenters. The van der Waals surface area contributed by atoms with E-state index >= 15 is 0 Å². The fourth-order valence-electron chi connectivity index (χ4n) is 0.160. The summed E-state index contributed by atoms with van der Waals surface area (Å²) in [5, 5.41) is 0. The standard InChI is InChI=1S/CH4Br2O6P2.2Na/c2-1(3,10(4,5)6)11(7,8)9;;/h(H2,4,5,6)(H2,7,8,9);;/q;2*+1/p-2. The van der Waals surface area contributed by atoms with Gasteiger partial charge < -0.3 is 28.7 Å². The van der Waals surface area contributed by atoms with Crippen LogP contribution in [-0.4, -0.2) is 12.5 Å². The van der Waals surface area contributed by atoms with E-state index in [1.165, 1.54) is 0 Å². The van der Waals surface area contributed by atoms with E-state index in [2.05, 4.69) is 31.9 Å². The third-order valence-corrected chi connectivity index (χ3v) is 8.93. The van der Waals surface area contributed by atoms with Gasteiger partial charge in [0.25, 0.3) is 0 Å². The summed E-state index contributed by atoms with van der Waals surface area (Å²) in [7, 11) is -10.5. The van der Waals surface area contributed by atoms with E-state index in [9.17, 15) is 18.9 Å². The average Bonchev–Trinajstić information content (AvgIpc) is 1.58. The van der Waals surface area contributed by atoms with Crippen LogP contribution in [0.4, 0.5) is 0 Å². The van der Waals surface area contributed by atoms with Crippen LogP contribution in [0.2, 0.25) is 0 Å². The van der Waals surface area contributed by atoms with Gasteiger partial charge in [-0.2, -0.15) is 0 Å². The summed E-state index contributed by atoms with van der Waals surface area (Å²) in [5.74, 6) is 0. The average molecular weight is 378 g/mol. The molecule has 2 unspecified atom stereocenters. The van der Waals surface area contributed by atoms with Crippen LogP contribution in [-0.2, 0) is 9.13 Å². The monoisotopic (exact) mass is 376 g/mol. The Balaban J connectivity index is -0.000000500. The van der Waals surface area contributed by atoms with E-state index < -0.39 is 17.9 Å². The second kappa shape index (κ2) is 6.87. The van der Waals surface area contributed by atoms with Gasteiger partial charge >= 0.3 is 59.1 Å². The molecule has 0 aliphatic heterocycles. The molecule has 0 aliphatic carbocycles. The zero-order chi connectivity index (χ0) is 9.50. The molecular weight excluding hydrogens is 376 g/mol. The van der Waals surface area contributed by atoms with Crippen molar-refractivity contribution in [2.24, 2.45) is 0 Å². The fourth-order valence-corrected chi connectivity index (χ4v) is 1.44. The molecule has 68 valence electrons. The molecule has 0 aliphatic rings. The quantitative estimate of drug-likeness (QED) is 0.280. The Morgan fingerprint density at radius 1 is 1.00 bits per heavy atom. The maximum absolute atomic E-state index is 10.3. The summed E-state index contributed by atoms with van der Waals surface area (Å²) in [6, 6.07) is 0. The Labute approximate surface area is 135 Å². The van der Waals surface area contributed by atoms with Crippen LogP contribution in [0.5, 0.6) is 0 Å². The minimum Gasteiger partial charge on any atom is -0.777 e. The normalized spacial score (nSPS) is 20.2. The molecule has 2 N–H and O–H groups in total. The molecule has 0 heterocycles. The van der Waals surface area contributed by atoms with Crippen molar-refractivity contribution < 1.29 is 87.8 Å². The number of rotatable bonds is 2. The second-order valence-electron chi connectivity index (χ2n) is 1.55. The van der Waals surface area contributed by atoms with Crippen LogP contribution in [0.1, 0.15) is 0 Å². The predicted octanol–water partition coefficient (Wildman–Crippen LogP) is -6.51. The molecule has 13 heavy (non-hydrogen) atoms. The summed E-state index contributed by atoms with van der Waals surface area (Å²) in [6.45, 7) is 0. The van der Waals surface area contributed by atoms with Gasteiger partial charge in [0, 0.05) is 0 Å². The van der Waals surface area contributed by atoms with Gasteiger partial charge in [-0.25, -0.2) is 0 Å². The van der Waals surface area contributed by atoms with E-state index in [1.807, 2.05) is 0 Å². The maximum Gasteiger partial charge on any atom is 1.00 e. The topological polar surface area (TPSA) is 121 Å². The van der Waals surface area contributed by atoms with Crippen LogP contribution >= 0.6 is 47.1 Å². The van der Waals surface area contributed by atoms with Crippen molar-refractivity contribution >= 4 is 47.1 Å². The summed E-state index contributed by atoms with van der Waals surface area (Å²) < 4.78 is 17.6. The largest absolute Gasteiger partial charge is 1.00 e. The van der Waals surface area contributed by atoms with Gasteiger partial charge in [-0.05, 0) is 0 Å². The molecule has 0 bridgehead atoms. The Morgan fingerprint density at radius 3 is 1.15 bits per heavy atom. The smallest absolute Gasteiger partial charge is 0.777 e. The molecule has 0 amide bonds. The molecule has 0 rings (SSSR count). The molecule has 0 aromatic heterocycles. The Morgan fingerprint density at radius 2 is 1.15 bits per heavy atom. The van der Waals surface area contributed by atoms with Gasteiger partial charge in [-0.1, -0.05) is 31.9 Å². The van der Waals surface area contributed by atoms with Crippen molar-refractivity contribution in [2.45, 2.75) is 2.72 Å². The zero-order valence-electron chi connectivity index (χ0n) is 6.68.